The molecule has 6 nitrogen and oxygen atoms in total. The standard InChI is InChI=1S/C21H22N2O4/c1-13-18(8-14-9-22-21(23-10-14)27-15-11-26-12-15)20(25-3)17-7-5-4-6-16(17)19(13)24-2/h4-7,9-10,15H,8,11-12H2,1-3H3. The Bertz CT molecular complexity index is 953. The van der Waals surface area contributed by atoms with Gasteiger partial charge in [-0.25, -0.2) is 9.97 Å². The average molecular weight is 366 g/mol. The largest absolute Gasteiger partial charge is 0.496 e. The first kappa shape index (κ1) is 17.5. The summed E-state index contributed by atoms with van der Waals surface area (Å²) in [6.07, 6.45) is 4.29. The van der Waals surface area contributed by atoms with Crippen molar-refractivity contribution in [3.8, 4) is 17.5 Å². The number of benzene rings is 2. The Labute approximate surface area is 158 Å². The highest BCUT2D eigenvalue weighted by molar-refractivity contribution is 5.96. The van der Waals surface area contributed by atoms with E-state index in [0.717, 1.165) is 39.0 Å². The Morgan fingerprint density at radius 2 is 1.63 bits per heavy atom. The van der Waals surface area contributed by atoms with Gasteiger partial charge in [0, 0.05) is 35.2 Å². The minimum atomic E-state index is 0.0583. The minimum absolute atomic E-state index is 0.0583. The molecule has 140 valence electrons. The van der Waals surface area contributed by atoms with Crippen molar-refractivity contribution in [1.29, 1.82) is 0 Å². The second-order valence-corrected chi connectivity index (χ2v) is 6.54. The molecular formula is C21H22N2O4. The SMILES string of the molecule is COc1c(C)c(Cc2cnc(OC3COC3)nc2)c(OC)c2ccccc12. The summed E-state index contributed by atoms with van der Waals surface area (Å²) < 4.78 is 22.2. The number of methoxy groups -OCH3 is 2. The predicted octanol–water partition coefficient (Wildman–Crippen LogP) is 3.32. The Morgan fingerprint density at radius 1 is 1.00 bits per heavy atom. The van der Waals surface area contributed by atoms with Crippen molar-refractivity contribution in [2.75, 3.05) is 27.4 Å². The van der Waals surface area contributed by atoms with Crippen molar-refractivity contribution in [2.24, 2.45) is 0 Å². The monoisotopic (exact) mass is 366 g/mol. The first-order chi connectivity index (χ1) is 13.2. The van der Waals surface area contributed by atoms with Crippen LogP contribution in [0.25, 0.3) is 10.8 Å². The Balaban J connectivity index is 1.69. The molecule has 0 amide bonds. The fraction of sp³-hybridized carbons (Fsp3) is 0.333. The van der Waals surface area contributed by atoms with Crippen LogP contribution in [-0.2, 0) is 11.2 Å². The number of aromatic nitrogens is 2. The van der Waals surface area contributed by atoms with Crippen LogP contribution in [0.1, 0.15) is 16.7 Å². The highest BCUT2D eigenvalue weighted by atomic mass is 16.6. The van der Waals surface area contributed by atoms with Gasteiger partial charge in [-0.15, -0.1) is 0 Å². The van der Waals surface area contributed by atoms with Gasteiger partial charge in [0.25, 0.3) is 0 Å². The summed E-state index contributed by atoms with van der Waals surface area (Å²) in [6.45, 7) is 3.24. The van der Waals surface area contributed by atoms with Crippen LogP contribution in [0, 0.1) is 6.92 Å². The molecule has 1 aliphatic rings. The molecular weight excluding hydrogens is 344 g/mol. The number of rotatable bonds is 6. The lowest BCUT2D eigenvalue weighted by atomic mass is 9.95. The van der Waals surface area contributed by atoms with E-state index in [1.165, 1.54) is 0 Å². The summed E-state index contributed by atoms with van der Waals surface area (Å²) in [5.41, 5.74) is 3.10. The van der Waals surface area contributed by atoms with Crippen LogP contribution < -0.4 is 14.2 Å². The van der Waals surface area contributed by atoms with Crippen LogP contribution in [0.15, 0.2) is 36.7 Å². The average Bonchev–Trinajstić information content (AvgIpc) is 2.67. The normalized spacial score (nSPS) is 14.0. The molecule has 6 heteroatoms. The number of hydrogen-bond acceptors (Lipinski definition) is 6. The maximum absolute atomic E-state index is 5.77. The molecule has 0 radical (unpaired) electrons. The molecule has 0 N–H and O–H groups in total. The summed E-state index contributed by atoms with van der Waals surface area (Å²) in [7, 11) is 3.40. The van der Waals surface area contributed by atoms with Crippen LogP contribution in [0.3, 0.4) is 0 Å². The molecule has 2 aromatic carbocycles. The van der Waals surface area contributed by atoms with Crippen LogP contribution >= 0.6 is 0 Å². The molecule has 1 aliphatic heterocycles. The summed E-state index contributed by atoms with van der Waals surface area (Å²) in [5, 5.41) is 2.07. The predicted molar refractivity (Wildman–Crippen MR) is 102 cm³/mol. The van der Waals surface area contributed by atoms with Crippen molar-refractivity contribution < 1.29 is 18.9 Å². The lowest BCUT2D eigenvalue weighted by Gasteiger charge is -2.25. The van der Waals surface area contributed by atoms with Gasteiger partial charge >= 0.3 is 6.01 Å². The molecule has 1 fully saturated rings. The zero-order valence-electron chi connectivity index (χ0n) is 15.7. The smallest absolute Gasteiger partial charge is 0.316 e. The quantitative estimate of drug-likeness (QED) is 0.667. The Kier molecular flexibility index (Phi) is 4.81. The van der Waals surface area contributed by atoms with E-state index in [2.05, 4.69) is 16.9 Å². The van der Waals surface area contributed by atoms with Gasteiger partial charge in [-0.05, 0) is 18.1 Å². The Morgan fingerprint density at radius 3 is 2.19 bits per heavy atom. The molecule has 1 aromatic heterocycles. The van der Waals surface area contributed by atoms with Crippen LogP contribution in [0.5, 0.6) is 17.5 Å². The molecule has 0 atom stereocenters. The van der Waals surface area contributed by atoms with Gasteiger partial charge in [0.15, 0.2) is 0 Å². The topological polar surface area (TPSA) is 62.7 Å². The van der Waals surface area contributed by atoms with E-state index < -0.39 is 0 Å². The van der Waals surface area contributed by atoms with Crippen molar-refractivity contribution in [3.63, 3.8) is 0 Å². The fourth-order valence-corrected chi connectivity index (χ4v) is 3.39. The third-order valence-electron chi connectivity index (χ3n) is 4.83. The maximum Gasteiger partial charge on any atom is 0.316 e. The molecule has 0 unspecified atom stereocenters. The van der Waals surface area contributed by atoms with Gasteiger partial charge in [0.05, 0.1) is 27.4 Å². The number of nitrogens with zero attached hydrogens (tertiary/aromatic N) is 2. The van der Waals surface area contributed by atoms with E-state index in [0.29, 0.717) is 25.6 Å². The van der Waals surface area contributed by atoms with E-state index in [-0.39, 0.29) is 6.10 Å². The number of ether oxygens (including phenoxy) is 4. The molecule has 4 rings (SSSR count). The van der Waals surface area contributed by atoms with E-state index in [9.17, 15) is 0 Å². The van der Waals surface area contributed by atoms with Gasteiger partial charge < -0.3 is 18.9 Å². The zero-order valence-corrected chi connectivity index (χ0v) is 15.7. The van der Waals surface area contributed by atoms with Crippen LogP contribution in [-0.4, -0.2) is 43.5 Å². The van der Waals surface area contributed by atoms with E-state index in [1.807, 2.05) is 24.3 Å². The third-order valence-corrected chi connectivity index (χ3v) is 4.83. The second kappa shape index (κ2) is 7.40. The number of hydrogen-bond donors (Lipinski definition) is 0. The molecule has 3 aromatic rings. The summed E-state index contributed by atoms with van der Waals surface area (Å²) in [6, 6.07) is 8.49. The minimum Gasteiger partial charge on any atom is -0.496 e. The first-order valence-electron chi connectivity index (χ1n) is 8.88. The van der Waals surface area contributed by atoms with Crippen molar-refractivity contribution >= 4 is 10.8 Å². The van der Waals surface area contributed by atoms with Gasteiger partial charge in [-0.1, -0.05) is 24.3 Å². The van der Waals surface area contributed by atoms with Gasteiger partial charge in [0.2, 0.25) is 0 Å². The molecule has 0 spiro atoms. The summed E-state index contributed by atoms with van der Waals surface area (Å²) in [4.78, 5) is 8.65. The van der Waals surface area contributed by atoms with Crippen molar-refractivity contribution in [3.05, 3.63) is 53.3 Å². The highest BCUT2D eigenvalue weighted by Crippen LogP contribution is 2.41. The van der Waals surface area contributed by atoms with Crippen LogP contribution in [0.2, 0.25) is 0 Å². The third kappa shape index (κ3) is 3.28. The Hall–Kier alpha value is -2.86. The molecule has 0 aliphatic carbocycles. The molecule has 0 saturated carbocycles. The van der Waals surface area contributed by atoms with Crippen LogP contribution in [0.4, 0.5) is 0 Å². The summed E-state index contributed by atoms with van der Waals surface area (Å²) in [5.74, 6) is 1.73. The molecule has 27 heavy (non-hydrogen) atoms. The van der Waals surface area contributed by atoms with Crippen molar-refractivity contribution in [2.45, 2.75) is 19.4 Å². The molecule has 0 bridgehead atoms. The highest BCUT2D eigenvalue weighted by Gasteiger charge is 2.22. The zero-order chi connectivity index (χ0) is 18.8. The first-order valence-corrected chi connectivity index (χ1v) is 8.88. The lowest BCUT2D eigenvalue weighted by Crippen LogP contribution is -2.39. The molecule has 2 heterocycles. The maximum atomic E-state index is 5.77. The van der Waals surface area contributed by atoms with Gasteiger partial charge in [-0.2, -0.15) is 0 Å². The van der Waals surface area contributed by atoms with E-state index in [4.69, 9.17) is 18.9 Å². The fourth-order valence-electron chi connectivity index (χ4n) is 3.39. The van der Waals surface area contributed by atoms with Gasteiger partial charge in [0.1, 0.15) is 17.6 Å². The van der Waals surface area contributed by atoms with Crippen molar-refractivity contribution in [1.82, 2.24) is 9.97 Å². The number of fused-ring (bicyclic) bond motifs is 1. The second-order valence-electron chi connectivity index (χ2n) is 6.54. The lowest BCUT2D eigenvalue weighted by molar-refractivity contribution is -0.0831. The molecule has 1 saturated heterocycles. The van der Waals surface area contributed by atoms with E-state index in [1.54, 1.807) is 26.6 Å². The van der Waals surface area contributed by atoms with E-state index >= 15 is 0 Å². The van der Waals surface area contributed by atoms with Gasteiger partial charge in [-0.3, -0.25) is 0 Å². The summed E-state index contributed by atoms with van der Waals surface area (Å²) >= 11 is 0.